The van der Waals surface area contributed by atoms with Gasteiger partial charge < -0.3 is 5.32 Å². The quantitative estimate of drug-likeness (QED) is 0.467. The molecule has 6 nitrogen and oxygen atoms in total. The fourth-order valence-electron chi connectivity index (χ4n) is 3.24. The van der Waals surface area contributed by atoms with Crippen molar-refractivity contribution in [1.82, 2.24) is 14.3 Å². The predicted molar refractivity (Wildman–Crippen MR) is 120 cm³/mol. The Morgan fingerprint density at radius 2 is 1.73 bits per heavy atom. The van der Waals surface area contributed by atoms with E-state index in [-0.39, 0.29) is 10.8 Å². The zero-order valence-electron chi connectivity index (χ0n) is 16.3. The van der Waals surface area contributed by atoms with Crippen LogP contribution in [0.15, 0.2) is 76.4 Å². The monoisotopic (exact) mass is 483 g/mol. The molecular formula is C22H18BrN3O3S. The van der Waals surface area contributed by atoms with Gasteiger partial charge in [-0.3, -0.25) is 4.79 Å². The van der Waals surface area contributed by atoms with E-state index in [1.165, 1.54) is 3.97 Å². The van der Waals surface area contributed by atoms with Crippen molar-refractivity contribution >= 4 is 42.9 Å². The first-order valence-corrected chi connectivity index (χ1v) is 11.4. The number of rotatable bonds is 4. The molecule has 0 aliphatic rings. The maximum Gasteiger partial charge on any atom is 0.269 e. The molecule has 2 heterocycles. The molecule has 1 amide bonds. The van der Waals surface area contributed by atoms with Gasteiger partial charge in [0.05, 0.1) is 4.90 Å². The molecule has 152 valence electrons. The summed E-state index contributed by atoms with van der Waals surface area (Å²) in [4.78, 5) is 16.4. The van der Waals surface area contributed by atoms with Crippen LogP contribution in [0.1, 0.15) is 15.9 Å². The smallest absolute Gasteiger partial charge is 0.269 e. The van der Waals surface area contributed by atoms with Crippen molar-refractivity contribution in [2.75, 3.05) is 7.05 Å². The van der Waals surface area contributed by atoms with Gasteiger partial charge in [0.1, 0.15) is 0 Å². The van der Waals surface area contributed by atoms with Gasteiger partial charge >= 0.3 is 0 Å². The normalized spacial score (nSPS) is 11.6. The van der Waals surface area contributed by atoms with Crippen LogP contribution in [0.4, 0.5) is 0 Å². The highest BCUT2D eigenvalue weighted by atomic mass is 79.9. The summed E-state index contributed by atoms with van der Waals surface area (Å²) >= 11 is 3.42. The van der Waals surface area contributed by atoms with Gasteiger partial charge in [-0.05, 0) is 58.7 Å². The van der Waals surface area contributed by atoms with Gasteiger partial charge in [0.2, 0.25) is 0 Å². The van der Waals surface area contributed by atoms with E-state index >= 15 is 0 Å². The fraction of sp³-hybridized carbons (Fsp3) is 0.0909. The molecule has 2 aromatic carbocycles. The molecule has 8 heteroatoms. The lowest BCUT2D eigenvalue weighted by molar-refractivity contribution is 0.0963. The highest BCUT2D eigenvalue weighted by molar-refractivity contribution is 9.10. The molecule has 1 N–H and O–H groups in total. The van der Waals surface area contributed by atoms with Crippen molar-refractivity contribution in [2.45, 2.75) is 11.8 Å². The zero-order valence-corrected chi connectivity index (χ0v) is 18.7. The van der Waals surface area contributed by atoms with Crippen LogP contribution in [0.3, 0.4) is 0 Å². The second-order valence-electron chi connectivity index (χ2n) is 6.84. The molecule has 0 aliphatic carbocycles. The average Bonchev–Trinajstić information content (AvgIpc) is 3.13. The molecule has 0 aliphatic heterocycles. The number of carbonyl (C=O) groups is 1. The molecule has 0 saturated carbocycles. The van der Waals surface area contributed by atoms with Gasteiger partial charge in [0.15, 0.2) is 5.65 Å². The number of hydrogen-bond donors (Lipinski definition) is 1. The highest BCUT2D eigenvalue weighted by Crippen LogP contribution is 2.33. The maximum absolute atomic E-state index is 13.3. The van der Waals surface area contributed by atoms with Crippen LogP contribution in [-0.2, 0) is 10.0 Å². The number of halogens is 1. The average molecular weight is 484 g/mol. The lowest BCUT2D eigenvalue weighted by Gasteiger charge is -2.07. The second kappa shape index (κ2) is 7.70. The Morgan fingerprint density at radius 1 is 1.07 bits per heavy atom. The third kappa shape index (κ3) is 3.53. The molecule has 2 aromatic heterocycles. The molecule has 0 radical (unpaired) electrons. The van der Waals surface area contributed by atoms with Crippen molar-refractivity contribution in [2.24, 2.45) is 0 Å². The van der Waals surface area contributed by atoms with E-state index in [2.05, 4.69) is 26.2 Å². The number of nitrogens with zero attached hydrogens (tertiary/aromatic N) is 2. The Bertz CT molecular complexity index is 1360. The van der Waals surface area contributed by atoms with Gasteiger partial charge in [-0.25, -0.2) is 17.4 Å². The number of amides is 1. The molecule has 4 rings (SSSR count). The molecule has 0 atom stereocenters. The summed E-state index contributed by atoms with van der Waals surface area (Å²) in [5, 5.41) is 3.27. The minimum absolute atomic E-state index is 0.185. The van der Waals surface area contributed by atoms with E-state index in [4.69, 9.17) is 0 Å². The van der Waals surface area contributed by atoms with Gasteiger partial charge in [-0.1, -0.05) is 29.8 Å². The second-order valence-corrected chi connectivity index (χ2v) is 9.57. The summed E-state index contributed by atoms with van der Waals surface area (Å²) in [5.74, 6) is -0.185. The summed E-state index contributed by atoms with van der Waals surface area (Å²) < 4.78 is 28.6. The number of benzene rings is 2. The van der Waals surface area contributed by atoms with Crippen molar-refractivity contribution in [1.29, 1.82) is 0 Å². The SMILES string of the molecule is CNC(=O)c1ccc(-c2cn(S(=O)(=O)c3ccc(C)cc3)c3ncc(Br)cc23)cc1. The third-order valence-electron chi connectivity index (χ3n) is 4.84. The lowest BCUT2D eigenvalue weighted by atomic mass is 10.0. The van der Waals surface area contributed by atoms with Crippen molar-refractivity contribution in [3.05, 3.63) is 82.6 Å². The number of carbonyl (C=O) groups excluding carboxylic acids is 1. The molecule has 30 heavy (non-hydrogen) atoms. The molecule has 0 fully saturated rings. The molecule has 0 saturated heterocycles. The summed E-state index contributed by atoms with van der Waals surface area (Å²) in [5.41, 5.74) is 3.33. The predicted octanol–water partition coefficient (Wildman–Crippen LogP) is 4.37. The Balaban J connectivity index is 1.91. The number of pyridine rings is 1. The molecule has 0 bridgehead atoms. The standard InChI is InChI=1S/C22H18BrN3O3S/c1-14-3-9-18(10-4-14)30(28,29)26-13-20(19-11-17(23)12-25-21(19)26)15-5-7-16(8-6-15)22(27)24-2/h3-13H,1-2H3,(H,24,27). The lowest BCUT2D eigenvalue weighted by Crippen LogP contribution is -2.17. The molecule has 4 aromatic rings. The van der Waals surface area contributed by atoms with E-state index in [9.17, 15) is 13.2 Å². The summed E-state index contributed by atoms with van der Waals surface area (Å²) in [6, 6.07) is 15.6. The van der Waals surface area contributed by atoms with Gasteiger partial charge in [0, 0.05) is 40.4 Å². The number of nitrogens with one attached hydrogen (secondary N) is 1. The third-order valence-corrected chi connectivity index (χ3v) is 6.94. The van der Waals surface area contributed by atoms with E-state index in [0.717, 1.165) is 15.6 Å². The van der Waals surface area contributed by atoms with Crippen molar-refractivity contribution < 1.29 is 13.2 Å². The van der Waals surface area contributed by atoms with Crippen LogP contribution in [0, 0.1) is 6.92 Å². The van der Waals surface area contributed by atoms with E-state index in [1.807, 2.05) is 13.0 Å². The Kier molecular flexibility index (Phi) is 5.21. The zero-order chi connectivity index (χ0) is 21.5. The van der Waals surface area contributed by atoms with Gasteiger partial charge in [0.25, 0.3) is 15.9 Å². The fourth-order valence-corrected chi connectivity index (χ4v) is 4.89. The van der Waals surface area contributed by atoms with E-state index in [1.54, 1.807) is 68.0 Å². The summed E-state index contributed by atoms with van der Waals surface area (Å²) in [6.07, 6.45) is 3.15. The van der Waals surface area contributed by atoms with Crippen LogP contribution in [0.2, 0.25) is 0 Å². The van der Waals surface area contributed by atoms with Crippen LogP contribution in [0.25, 0.3) is 22.2 Å². The number of aryl methyl sites for hydroxylation is 1. The Morgan fingerprint density at radius 3 is 2.37 bits per heavy atom. The Labute approximate surface area is 182 Å². The Hall–Kier alpha value is -2.97. The number of fused-ring (bicyclic) bond motifs is 1. The minimum Gasteiger partial charge on any atom is -0.355 e. The van der Waals surface area contributed by atoms with Crippen LogP contribution in [-0.4, -0.2) is 30.3 Å². The molecule has 0 unspecified atom stereocenters. The molecular weight excluding hydrogens is 466 g/mol. The van der Waals surface area contributed by atoms with Crippen LogP contribution < -0.4 is 5.32 Å². The molecule has 0 spiro atoms. The number of aromatic nitrogens is 2. The summed E-state index contributed by atoms with van der Waals surface area (Å²) in [7, 11) is -2.26. The summed E-state index contributed by atoms with van der Waals surface area (Å²) in [6.45, 7) is 1.90. The van der Waals surface area contributed by atoms with Crippen molar-refractivity contribution in [3.8, 4) is 11.1 Å². The van der Waals surface area contributed by atoms with Gasteiger partial charge in [-0.15, -0.1) is 0 Å². The van der Waals surface area contributed by atoms with Crippen LogP contribution >= 0.6 is 15.9 Å². The van der Waals surface area contributed by atoms with Crippen molar-refractivity contribution in [3.63, 3.8) is 0 Å². The number of hydrogen-bond acceptors (Lipinski definition) is 4. The first-order chi connectivity index (χ1) is 14.3. The van der Waals surface area contributed by atoms with E-state index < -0.39 is 10.0 Å². The highest BCUT2D eigenvalue weighted by Gasteiger charge is 2.23. The topological polar surface area (TPSA) is 81.1 Å². The largest absolute Gasteiger partial charge is 0.355 e. The van der Waals surface area contributed by atoms with Crippen LogP contribution in [0.5, 0.6) is 0 Å². The minimum atomic E-state index is -3.83. The first kappa shape index (κ1) is 20.3. The maximum atomic E-state index is 13.3. The first-order valence-electron chi connectivity index (χ1n) is 9.12. The van der Waals surface area contributed by atoms with E-state index in [0.29, 0.717) is 22.2 Å². The van der Waals surface area contributed by atoms with Gasteiger partial charge in [-0.2, -0.15) is 0 Å².